The van der Waals surface area contributed by atoms with Crippen molar-refractivity contribution in [3.63, 3.8) is 0 Å². The summed E-state index contributed by atoms with van der Waals surface area (Å²) in [6, 6.07) is 3.44. The van der Waals surface area contributed by atoms with E-state index in [-0.39, 0.29) is 29.6 Å². The van der Waals surface area contributed by atoms with Crippen molar-refractivity contribution in [1.82, 2.24) is 4.57 Å². The molecule has 2 atom stereocenters. The summed E-state index contributed by atoms with van der Waals surface area (Å²) in [5.41, 5.74) is 6.31. The molecule has 1 aromatic heterocycles. The number of carboxylic acid groups (broad SMARTS) is 1. The molecule has 146 valence electrons. The van der Waals surface area contributed by atoms with Gasteiger partial charge in [-0.25, -0.2) is 9.18 Å². The number of nitrogens with zero attached hydrogens (tertiary/aromatic N) is 2. The lowest BCUT2D eigenvalue weighted by Gasteiger charge is -2.31. The van der Waals surface area contributed by atoms with E-state index >= 15 is 0 Å². The average molecular weight is 377 g/mol. The Labute approximate surface area is 156 Å². The number of benzene rings is 1. The maximum atomic E-state index is 13.1. The molecular formula is C19H24FN3O4. The van der Waals surface area contributed by atoms with Gasteiger partial charge in [0.25, 0.3) is 0 Å². The summed E-state index contributed by atoms with van der Waals surface area (Å²) >= 11 is 0. The molecule has 2 heterocycles. The highest BCUT2D eigenvalue weighted by Gasteiger charge is 2.31. The molecule has 0 bridgehead atoms. The summed E-state index contributed by atoms with van der Waals surface area (Å²) in [5.74, 6) is -0.906. The number of aromatic carboxylic acids is 1. The van der Waals surface area contributed by atoms with Crippen LogP contribution in [0.3, 0.4) is 0 Å². The largest absolute Gasteiger partial charge is 0.492 e. The number of halogens is 1. The number of aryl methyl sites for hydroxylation is 1. The molecule has 1 saturated heterocycles. The van der Waals surface area contributed by atoms with Crippen LogP contribution in [0.25, 0.3) is 10.9 Å². The van der Waals surface area contributed by atoms with Gasteiger partial charge in [-0.05, 0) is 31.9 Å². The van der Waals surface area contributed by atoms with E-state index in [4.69, 9.17) is 10.5 Å². The molecule has 0 saturated carbocycles. The minimum atomic E-state index is -1.34. The summed E-state index contributed by atoms with van der Waals surface area (Å²) < 4.78 is 20.2. The lowest BCUT2D eigenvalue weighted by atomic mass is 10.1. The van der Waals surface area contributed by atoms with Crippen LogP contribution in [0.2, 0.25) is 0 Å². The maximum Gasteiger partial charge on any atom is 0.341 e. The van der Waals surface area contributed by atoms with Crippen molar-refractivity contribution >= 4 is 22.6 Å². The average Bonchev–Trinajstić information content (AvgIpc) is 3.12. The van der Waals surface area contributed by atoms with Crippen molar-refractivity contribution < 1.29 is 19.0 Å². The fourth-order valence-corrected chi connectivity index (χ4v) is 3.94. The molecular weight excluding hydrogens is 353 g/mol. The number of anilines is 1. The molecule has 3 rings (SSSR count). The zero-order chi connectivity index (χ0) is 19.7. The van der Waals surface area contributed by atoms with Crippen molar-refractivity contribution in [3.05, 3.63) is 34.1 Å². The van der Waals surface area contributed by atoms with Crippen LogP contribution in [0, 0.1) is 0 Å². The number of alkyl halides is 1. The summed E-state index contributed by atoms with van der Waals surface area (Å²) in [6.07, 6.45) is 3.13. The molecule has 3 N–H and O–H groups in total. The highest BCUT2D eigenvalue weighted by Crippen LogP contribution is 2.39. The van der Waals surface area contributed by atoms with Gasteiger partial charge in [0.2, 0.25) is 5.43 Å². The maximum absolute atomic E-state index is 13.1. The third-order valence-corrected chi connectivity index (χ3v) is 5.15. The molecule has 0 radical (unpaired) electrons. The van der Waals surface area contributed by atoms with Crippen LogP contribution in [0.1, 0.15) is 30.1 Å². The molecule has 27 heavy (non-hydrogen) atoms. The normalized spacial score (nSPS) is 18.1. The Kier molecular flexibility index (Phi) is 5.36. The Balaban J connectivity index is 2.30. The quantitative estimate of drug-likeness (QED) is 0.799. The van der Waals surface area contributed by atoms with Gasteiger partial charge in [0.1, 0.15) is 12.2 Å². The number of hydrogen-bond donors (Lipinski definition) is 2. The first-order valence-corrected chi connectivity index (χ1v) is 8.96. The number of rotatable bonds is 6. The van der Waals surface area contributed by atoms with Crippen LogP contribution < -0.4 is 20.8 Å². The van der Waals surface area contributed by atoms with Crippen molar-refractivity contribution in [3.8, 4) is 5.75 Å². The van der Waals surface area contributed by atoms with Gasteiger partial charge >= 0.3 is 5.97 Å². The molecule has 8 heteroatoms. The third-order valence-electron chi connectivity index (χ3n) is 5.15. The summed E-state index contributed by atoms with van der Waals surface area (Å²) in [4.78, 5) is 26.2. The highest BCUT2D eigenvalue weighted by molar-refractivity contribution is 5.96. The van der Waals surface area contributed by atoms with E-state index in [9.17, 15) is 19.1 Å². The smallest absolute Gasteiger partial charge is 0.341 e. The van der Waals surface area contributed by atoms with E-state index in [1.165, 1.54) is 17.9 Å². The fourth-order valence-electron chi connectivity index (χ4n) is 3.94. The number of carbonyl (C=O) groups is 1. The van der Waals surface area contributed by atoms with E-state index in [1.54, 1.807) is 12.1 Å². The fraction of sp³-hybridized carbons (Fsp3) is 0.474. The summed E-state index contributed by atoms with van der Waals surface area (Å²) in [6.45, 7) is 1.98. The Bertz CT molecular complexity index is 925. The number of aromatic nitrogens is 1. The predicted molar refractivity (Wildman–Crippen MR) is 102 cm³/mol. The third kappa shape index (κ3) is 3.25. The zero-order valence-electron chi connectivity index (χ0n) is 15.4. The second-order valence-corrected chi connectivity index (χ2v) is 6.84. The molecule has 1 aliphatic heterocycles. The van der Waals surface area contributed by atoms with Crippen LogP contribution >= 0.6 is 0 Å². The second-order valence-electron chi connectivity index (χ2n) is 6.84. The van der Waals surface area contributed by atoms with Gasteiger partial charge in [-0.2, -0.15) is 0 Å². The van der Waals surface area contributed by atoms with E-state index in [2.05, 4.69) is 4.90 Å². The van der Waals surface area contributed by atoms with Crippen molar-refractivity contribution in [1.29, 1.82) is 0 Å². The zero-order valence-corrected chi connectivity index (χ0v) is 15.4. The minimum Gasteiger partial charge on any atom is -0.492 e. The van der Waals surface area contributed by atoms with Gasteiger partial charge in [-0.3, -0.25) is 4.79 Å². The van der Waals surface area contributed by atoms with Gasteiger partial charge in [-0.1, -0.05) is 0 Å². The molecule has 0 spiro atoms. The van der Waals surface area contributed by atoms with Crippen LogP contribution in [0.4, 0.5) is 10.1 Å². The second kappa shape index (κ2) is 7.56. The molecule has 1 unspecified atom stereocenters. The number of nitrogens with two attached hydrogens (primary N) is 1. The molecule has 7 nitrogen and oxygen atoms in total. The first-order chi connectivity index (χ1) is 12.9. The van der Waals surface area contributed by atoms with Gasteiger partial charge in [0.05, 0.1) is 30.2 Å². The highest BCUT2D eigenvalue weighted by atomic mass is 19.1. The number of ether oxygens (including phenoxy) is 1. The summed E-state index contributed by atoms with van der Waals surface area (Å²) in [5, 5.41) is 9.50. The Morgan fingerprint density at radius 1 is 1.48 bits per heavy atom. The first-order valence-electron chi connectivity index (χ1n) is 8.96. The Morgan fingerprint density at radius 2 is 2.22 bits per heavy atom. The Hall–Kier alpha value is -2.61. The molecule has 1 fully saturated rings. The number of methoxy groups -OCH3 is 1. The lowest BCUT2D eigenvalue weighted by Crippen LogP contribution is -2.42. The van der Waals surface area contributed by atoms with E-state index in [0.29, 0.717) is 11.3 Å². The van der Waals surface area contributed by atoms with Crippen LogP contribution in [0.5, 0.6) is 5.75 Å². The van der Waals surface area contributed by atoms with Gasteiger partial charge < -0.3 is 25.0 Å². The topological polar surface area (TPSA) is 97.8 Å². The molecule has 2 aromatic rings. The lowest BCUT2D eigenvalue weighted by molar-refractivity contribution is 0.0694. The van der Waals surface area contributed by atoms with Crippen LogP contribution in [0.15, 0.2) is 23.1 Å². The minimum absolute atomic E-state index is 0.0460. The van der Waals surface area contributed by atoms with Crippen molar-refractivity contribution in [2.45, 2.75) is 38.4 Å². The van der Waals surface area contributed by atoms with Crippen molar-refractivity contribution in [2.24, 2.45) is 5.73 Å². The molecule has 1 aliphatic rings. The SMILES string of the molecule is COc1c(N2CCCC2[C@H](C)N)ccc2c(=O)c(C(=O)O)cn(CCF)c12. The summed E-state index contributed by atoms with van der Waals surface area (Å²) in [7, 11) is 1.49. The monoisotopic (exact) mass is 377 g/mol. The molecule has 1 aromatic carbocycles. The van der Waals surface area contributed by atoms with E-state index in [0.717, 1.165) is 25.1 Å². The number of hydrogen-bond acceptors (Lipinski definition) is 5. The molecule has 0 aliphatic carbocycles. The van der Waals surface area contributed by atoms with Crippen molar-refractivity contribution in [2.75, 3.05) is 25.2 Å². The predicted octanol–water partition coefficient (Wildman–Crippen LogP) is 1.99. The number of carboxylic acids is 1. The number of fused-ring (bicyclic) bond motifs is 1. The molecule has 0 amide bonds. The standard InChI is InChI=1S/C19H24FN3O4/c1-11(21)14-4-3-8-23(14)15-6-5-12-16(18(15)27-2)22(9-7-20)10-13(17(12)24)19(25)26/h5-6,10-11,14H,3-4,7-9,21H2,1-2H3,(H,25,26)/t11-,14?/m0/s1. The van der Waals surface area contributed by atoms with Gasteiger partial charge in [-0.15, -0.1) is 0 Å². The Morgan fingerprint density at radius 3 is 2.81 bits per heavy atom. The van der Waals surface area contributed by atoms with Gasteiger partial charge in [0, 0.05) is 24.8 Å². The van der Waals surface area contributed by atoms with E-state index in [1.807, 2.05) is 6.92 Å². The first kappa shape index (κ1) is 19.2. The van der Waals surface area contributed by atoms with E-state index < -0.39 is 18.1 Å². The van der Waals surface area contributed by atoms with Crippen LogP contribution in [-0.4, -0.2) is 48.1 Å². The van der Waals surface area contributed by atoms with Crippen LogP contribution in [-0.2, 0) is 6.54 Å². The van der Waals surface area contributed by atoms with Gasteiger partial charge in [0.15, 0.2) is 5.75 Å². The number of pyridine rings is 1.